The predicted octanol–water partition coefficient (Wildman–Crippen LogP) is 1.88. The first-order valence-corrected chi connectivity index (χ1v) is 6.78. The molecule has 1 saturated heterocycles. The number of hydrogen-bond donors (Lipinski definition) is 0. The largest absolute Gasteiger partial charge is 0.282 e. The molecule has 1 aliphatic heterocycles. The summed E-state index contributed by atoms with van der Waals surface area (Å²) in [7, 11) is 0. The van der Waals surface area contributed by atoms with Crippen molar-refractivity contribution in [1.29, 1.82) is 0 Å². The second kappa shape index (κ2) is 4.70. The summed E-state index contributed by atoms with van der Waals surface area (Å²) < 4.78 is 0. The van der Waals surface area contributed by atoms with Gasteiger partial charge in [-0.05, 0) is 36.6 Å². The summed E-state index contributed by atoms with van der Waals surface area (Å²) in [6.45, 7) is 0.886. The Kier molecular flexibility index (Phi) is 3.03. The number of fused-ring (bicyclic) bond motifs is 5. The lowest BCUT2D eigenvalue weighted by atomic mass is 9.85. The lowest BCUT2D eigenvalue weighted by Gasteiger charge is -2.16. The molecule has 3 rings (SSSR count). The number of rotatable bonds is 5. The van der Waals surface area contributed by atoms with Crippen LogP contribution in [0.2, 0.25) is 0 Å². The SMILES string of the molecule is [N-]=[N+]=NCCCCN1C(=O)C2C3C=CC(C3)C2C1=O. The van der Waals surface area contributed by atoms with E-state index in [0.717, 1.165) is 6.42 Å². The number of carbonyl (C=O) groups excluding carboxylic acids is 2. The molecule has 100 valence electrons. The highest BCUT2D eigenvalue weighted by atomic mass is 16.2. The maximum absolute atomic E-state index is 12.3. The van der Waals surface area contributed by atoms with Gasteiger partial charge in [-0.3, -0.25) is 14.5 Å². The molecule has 2 aliphatic carbocycles. The summed E-state index contributed by atoms with van der Waals surface area (Å²) in [5.41, 5.74) is 8.17. The number of carbonyl (C=O) groups is 2. The summed E-state index contributed by atoms with van der Waals surface area (Å²) in [5, 5.41) is 3.45. The number of amides is 2. The molecule has 0 spiro atoms. The first-order valence-electron chi connectivity index (χ1n) is 6.78. The zero-order valence-corrected chi connectivity index (χ0v) is 10.6. The normalized spacial score (nSPS) is 34.8. The molecule has 4 atom stereocenters. The van der Waals surface area contributed by atoms with Gasteiger partial charge in [0.25, 0.3) is 0 Å². The van der Waals surface area contributed by atoms with Crippen LogP contribution in [0.3, 0.4) is 0 Å². The fraction of sp³-hybridized carbons (Fsp3) is 0.692. The molecular weight excluding hydrogens is 244 g/mol. The van der Waals surface area contributed by atoms with Crippen LogP contribution in [0.25, 0.3) is 10.4 Å². The minimum atomic E-state index is -0.0976. The number of imide groups is 1. The first kappa shape index (κ1) is 12.2. The van der Waals surface area contributed by atoms with Crippen LogP contribution < -0.4 is 0 Å². The molecule has 0 aromatic rings. The maximum Gasteiger partial charge on any atom is 0.233 e. The van der Waals surface area contributed by atoms with Gasteiger partial charge in [0.2, 0.25) is 11.8 Å². The van der Waals surface area contributed by atoms with Gasteiger partial charge in [-0.1, -0.05) is 17.3 Å². The van der Waals surface area contributed by atoms with Crippen molar-refractivity contribution in [3.05, 3.63) is 22.6 Å². The second-order valence-corrected chi connectivity index (χ2v) is 5.49. The third-order valence-electron chi connectivity index (χ3n) is 4.51. The molecule has 6 nitrogen and oxygen atoms in total. The van der Waals surface area contributed by atoms with Crippen LogP contribution in [0.15, 0.2) is 17.3 Å². The highest BCUT2D eigenvalue weighted by Gasteiger charge is 2.58. The van der Waals surface area contributed by atoms with E-state index in [9.17, 15) is 9.59 Å². The molecule has 0 aromatic heterocycles. The highest BCUT2D eigenvalue weighted by Crippen LogP contribution is 2.52. The molecule has 19 heavy (non-hydrogen) atoms. The molecule has 1 saturated carbocycles. The standard InChI is InChI=1S/C13H16N4O2/c14-16-15-5-1-2-6-17-12(18)10-8-3-4-9(7-8)11(10)13(17)19/h3-4,8-11H,1-2,5-7H2. The zero-order chi connectivity index (χ0) is 13.4. The molecular formula is C13H16N4O2. The lowest BCUT2D eigenvalue weighted by molar-refractivity contribution is -0.140. The molecule has 0 N–H and O–H groups in total. The van der Waals surface area contributed by atoms with Crippen LogP contribution in [0.5, 0.6) is 0 Å². The fourth-order valence-electron chi connectivity index (χ4n) is 3.68. The van der Waals surface area contributed by atoms with Crippen molar-refractivity contribution >= 4 is 11.8 Å². The molecule has 4 unspecified atom stereocenters. The summed E-state index contributed by atoms with van der Waals surface area (Å²) in [5.74, 6) is 0.379. The van der Waals surface area contributed by atoms with E-state index in [4.69, 9.17) is 5.53 Å². The monoisotopic (exact) mass is 260 g/mol. The number of azide groups is 1. The van der Waals surface area contributed by atoms with E-state index in [1.54, 1.807) is 0 Å². The van der Waals surface area contributed by atoms with Crippen molar-refractivity contribution in [2.75, 3.05) is 13.1 Å². The third kappa shape index (κ3) is 1.83. The summed E-state index contributed by atoms with van der Waals surface area (Å²) in [4.78, 5) is 28.7. The van der Waals surface area contributed by atoms with Crippen LogP contribution in [0, 0.1) is 23.7 Å². The van der Waals surface area contributed by atoms with Crippen molar-refractivity contribution in [2.45, 2.75) is 19.3 Å². The van der Waals surface area contributed by atoms with Crippen LogP contribution in [0.4, 0.5) is 0 Å². The second-order valence-electron chi connectivity index (χ2n) is 5.49. The summed E-state index contributed by atoms with van der Waals surface area (Å²) in [6.07, 6.45) is 6.59. The van der Waals surface area contributed by atoms with Gasteiger partial charge in [0, 0.05) is 18.0 Å². The topological polar surface area (TPSA) is 86.1 Å². The van der Waals surface area contributed by atoms with E-state index in [0.29, 0.717) is 25.9 Å². The van der Waals surface area contributed by atoms with Crippen molar-refractivity contribution < 1.29 is 9.59 Å². The van der Waals surface area contributed by atoms with E-state index in [1.807, 2.05) is 0 Å². The number of unbranched alkanes of at least 4 members (excludes halogenated alkanes) is 1. The molecule has 1 heterocycles. The van der Waals surface area contributed by atoms with E-state index < -0.39 is 0 Å². The van der Waals surface area contributed by atoms with E-state index in [-0.39, 0.29) is 35.5 Å². The van der Waals surface area contributed by atoms with Gasteiger partial charge in [-0.2, -0.15) is 0 Å². The van der Waals surface area contributed by atoms with Crippen molar-refractivity contribution in [3.63, 3.8) is 0 Å². The Balaban J connectivity index is 1.61. The first-order chi connectivity index (χ1) is 9.24. The summed E-state index contributed by atoms with van der Waals surface area (Å²) >= 11 is 0. The Hall–Kier alpha value is -1.81. The van der Waals surface area contributed by atoms with Gasteiger partial charge in [0.05, 0.1) is 11.8 Å². The van der Waals surface area contributed by atoms with Gasteiger partial charge < -0.3 is 0 Å². The van der Waals surface area contributed by atoms with E-state index in [1.165, 1.54) is 4.90 Å². The minimum absolute atomic E-state index is 0.00985. The van der Waals surface area contributed by atoms with Gasteiger partial charge in [0.15, 0.2) is 0 Å². The van der Waals surface area contributed by atoms with Crippen molar-refractivity contribution in [1.82, 2.24) is 4.90 Å². The quantitative estimate of drug-likeness (QED) is 0.189. The Morgan fingerprint density at radius 2 is 1.84 bits per heavy atom. The molecule has 2 bridgehead atoms. The van der Waals surface area contributed by atoms with Crippen LogP contribution in [0.1, 0.15) is 19.3 Å². The minimum Gasteiger partial charge on any atom is -0.282 e. The number of likely N-dealkylation sites (tertiary alicyclic amines) is 1. The number of allylic oxidation sites excluding steroid dienone is 2. The third-order valence-corrected chi connectivity index (χ3v) is 4.51. The number of hydrogen-bond acceptors (Lipinski definition) is 3. The maximum atomic E-state index is 12.3. The Labute approximate surface area is 111 Å². The Morgan fingerprint density at radius 1 is 1.21 bits per heavy atom. The molecule has 0 radical (unpaired) electrons. The highest BCUT2D eigenvalue weighted by molar-refractivity contribution is 6.06. The van der Waals surface area contributed by atoms with Crippen molar-refractivity contribution in [3.8, 4) is 0 Å². The van der Waals surface area contributed by atoms with Gasteiger partial charge in [0.1, 0.15) is 0 Å². The Bertz CT molecular complexity index is 465. The van der Waals surface area contributed by atoms with Crippen LogP contribution in [-0.4, -0.2) is 29.8 Å². The molecule has 6 heteroatoms. The predicted molar refractivity (Wildman–Crippen MR) is 67.7 cm³/mol. The average molecular weight is 260 g/mol. The van der Waals surface area contributed by atoms with Crippen LogP contribution in [-0.2, 0) is 9.59 Å². The molecule has 2 amide bonds. The smallest absolute Gasteiger partial charge is 0.233 e. The zero-order valence-electron chi connectivity index (χ0n) is 10.6. The van der Waals surface area contributed by atoms with E-state index >= 15 is 0 Å². The average Bonchev–Trinajstić information content (AvgIpc) is 3.06. The molecule has 0 aromatic carbocycles. The fourth-order valence-corrected chi connectivity index (χ4v) is 3.68. The number of nitrogens with zero attached hydrogens (tertiary/aromatic N) is 4. The molecule has 2 fully saturated rings. The van der Waals surface area contributed by atoms with Crippen molar-refractivity contribution in [2.24, 2.45) is 28.8 Å². The van der Waals surface area contributed by atoms with Gasteiger partial charge >= 0.3 is 0 Å². The lowest BCUT2D eigenvalue weighted by Crippen LogP contribution is -2.33. The summed E-state index contributed by atoms with van der Waals surface area (Å²) in [6, 6.07) is 0. The molecule has 3 aliphatic rings. The van der Waals surface area contributed by atoms with Crippen LogP contribution >= 0.6 is 0 Å². The van der Waals surface area contributed by atoms with E-state index in [2.05, 4.69) is 22.2 Å². The van der Waals surface area contributed by atoms with Gasteiger partial charge in [-0.25, -0.2) is 0 Å². The van der Waals surface area contributed by atoms with Gasteiger partial charge in [-0.15, -0.1) is 0 Å². The Morgan fingerprint density at radius 3 is 2.42 bits per heavy atom.